The van der Waals surface area contributed by atoms with Crippen molar-refractivity contribution in [2.24, 2.45) is 0 Å². The Morgan fingerprint density at radius 2 is 1.56 bits per heavy atom. The lowest BCUT2D eigenvalue weighted by Crippen LogP contribution is -1.88. The van der Waals surface area contributed by atoms with Gasteiger partial charge in [0.2, 0.25) is 0 Å². The van der Waals surface area contributed by atoms with Crippen LogP contribution in [0.5, 0.6) is 0 Å². The largest absolute Gasteiger partial charge is 0.0837 e. The van der Waals surface area contributed by atoms with Crippen LogP contribution in [0.4, 0.5) is 0 Å². The van der Waals surface area contributed by atoms with Gasteiger partial charge in [0.05, 0.1) is 0 Å². The molecular weight excluding hydrogens is 216 g/mol. The molecule has 0 atom stereocenters. The van der Waals surface area contributed by atoms with Gasteiger partial charge < -0.3 is 0 Å². The van der Waals surface area contributed by atoms with Gasteiger partial charge in [-0.1, -0.05) is 66.2 Å². The second-order valence-corrected chi connectivity index (χ2v) is 3.96. The second-order valence-electron chi connectivity index (χ2n) is 3.55. The summed E-state index contributed by atoms with van der Waals surface area (Å²) < 4.78 is 0. The Hall–Kier alpha value is -1.53. The maximum atomic E-state index is 6.21. The molecule has 16 heavy (non-hydrogen) atoms. The molecule has 2 aromatic rings. The first-order chi connectivity index (χ1) is 7.83. The number of benzene rings is 2. The van der Waals surface area contributed by atoms with Crippen LogP contribution >= 0.6 is 11.6 Å². The molecule has 0 aromatic heterocycles. The van der Waals surface area contributed by atoms with E-state index in [1.807, 2.05) is 49.4 Å². The minimum atomic E-state index is 0.791. The number of hydrogen-bond acceptors (Lipinski definition) is 0. The van der Waals surface area contributed by atoms with E-state index in [1.165, 1.54) is 11.1 Å². The summed E-state index contributed by atoms with van der Waals surface area (Å²) in [6, 6.07) is 18.2. The van der Waals surface area contributed by atoms with Gasteiger partial charge in [-0.15, -0.1) is 0 Å². The van der Waals surface area contributed by atoms with Crippen LogP contribution in [-0.4, -0.2) is 0 Å². The molecule has 2 aromatic carbocycles. The van der Waals surface area contributed by atoms with Crippen LogP contribution in [0.25, 0.3) is 5.57 Å². The molecule has 0 spiro atoms. The highest BCUT2D eigenvalue weighted by Gasteiger charge is 2.06. The van der Waals surface area contributed by atoms with E-state index in [9.17, 15) is 0 Å². The van der Waals surface area contributed by atoms with E-state index in [0.717, 1.165) is 10.6 Å². The van der Waals surface area contributed by atoms with E-state index >= 15 is 0 Å². The van der Waals surface area contributed by atoms with Crippen LogP contribution < -0.4 is 0 Å². The maximum absolute atomic E-state index is 6.21. The van der Waals surface area contributed by atoms with Crippen molar-refractivity contribution in [3.05, 3.63) is 76.8 Å². The molecule has 0 aliphatic rings. The van der Waals surface area contributed by atoms with E-state index in [1.54, 1.807) is 0 Å². The topological polar surface area (TPSA) is 0 Å². The zero-order chi connectivity index (χ0) is 11.4. The third-order valence-corrected chi connectivity index (χ3v) is 2.87. The number of rotatable bonds is 2. The molecule has 0 N–H and O–H groups in total. The Morgan fingerprint density at radius 1 is 0.938 bits per heavy atom. The maximum Gasteiger partial charge on any atom is 0.0484 e. The van der Waals surface area contributed by atoms with Crippen molar-refractivity contribution in [2.75, 3.05) is 0 Å². The van der Waals surface area contributed by atoms with Crippen LogP contribution in [0, 0.1) is 0 Å². The van der Waals surface area contributed by atoms with Crippen molar-refractivity contribution < 1.29 is 0 Å². The number of allylic oxidation sites excluding steroid dienone is 1. The number of hydrogen-bond donors (Lipinski definition) is 0. The van der Waals surface area contributed by atoms with Gasteiger partial charge in [0.15, 0.2) is 0 Å². The van der Waals surface area contributed by atoms with Gasteiger partial charge in [0.25, 0.3) is 0 Å². The molecule has 0 nitrogen and oxygen atoms in total. The Morgan fingerprint density at radius 3 is 2.19 bits per heavy atom. The zero-order valence-corrected chi connectivity index (χ0v) is 9.91. The summed E-state index contributed by atoms with van der Waals surface area (Å²) in [6.07, 6.45) is 2.09. The predicted molar refractivity (Wildman–Crippen MR) is 70.6 cm³/mol. The van der Waals surface area contributed by atoms with Gasteiger partial charge in [-0.05, 0) is 24.1 Å². The average Bonchev–Trinajstić information content (AvgIpc) is 2.34. The third kappa shape index (κ3) is 2.17. The van der Waals surface area contributed by atoms with E-state index in [4.69, 9.17) is 11.6 Å². The fourth-order valence-corrected chi connectivity index (χ4v) is 2.01. The molecule has 0 fully saturated rings. The SMILES string of the molecule is C/C=C(\c1ccccc1)c1ccccc1Cl. The molecule has 0 heterocycles. The molecule has 1 heteroatoms. The molecule has 0 saturated carbocycles. The smallest absolute Gasteiger partial charge is 0.0484 e. The predicted octanol–water partition coefficient (Wildman–Crippen LogP) is 4.79. The Kier molecular flexibility index (Phi) is 3.43. The van der Waals surface area contributed by atoms with Gasteiger partial charge in [0, 0.05) is 10.6 Å². The summed E-state index contributed by atoms with van der Waals surface area (Å²) in [5.74, 6) is 0. The highest BCUT2D eigenvalue weighted by atomic mass is 35.5. The van der Waals surface area contributed by atoms with Crippen LogP contribution in [0.1, 0.15) is 18.1 Å². The normalized spacial score (nSPS) is 11.5. The van der Waals surface area contributed by atoms with E-state index in [0.29, 0.717) is 0 Å². The van der Waals surface area contributed by atoms with Crippen LogP contribution in [-0.2, 0) is 0 Å². The Labute approximate surface area is 101 Å². The van der Waals surface area contributed by atoms with Crippen molar-refractivity contribution in [1.29, 1.82) is 0 Å². The van der Waals surface area contributed by atoms with Crippen molar-refractivity contribution in [2.45, 2.75) is 6.92 Å². The fraction of sp³-hybridized carbons (Fsp3) is 0.0667. The average molecular weight is 229 g/mol. The third-order valence-electron chi connectivity index (χ3n) is 2.54. The highest BCUT2D eigenvalue weighted by molar-refractivity contribution is 6.32. The van der Waals surface area contributed by atoms with Gasteiger partial charge in [-0.2, -0.15) is 0 Å². The molecule has 80 valence electrons. The lowest BCUT2D eigenvalue weighted by atomic mass is 9.98. The summed E-state index contributed by atoms with van der Waals surface area (Å²) in [4.78, 5) is 0. The standard InChI is InChI=1S/C15H13Cl/c1-2-13(12-8-4-3-5-9-12)14-10-6-7-11-15(14)16/h2-11H,1H3/b13-2+. The molecule has 0 unspecified atom stereocenters. The summed E-state index contributed by atoms with van der Waals surface area (Å²) in [6.45, 7) is 2.03. The molecule has 0 bridgehead atoms. The lowest BCUT2D eigenvalue weighted by molar-refractivity contribution is 1.53. The molecule has 2 rings (SSSR count). The Balaban J connectivity index is 2.51. The van der Waals surface area contributed by atoms with Gasteiger partial charge in [0.1, 0.15) is 0 Å². The molecule has 0 radical (unpaired) electrons. The summed E-state index contributed by atoms with van der Waals surface area (Å²) in [5, 5.41) is 0.791. The van der Waals surface area contributed by atoms with Crippen molar-refractivity contribution in [3.8, 4) is 0 Å². The quantitative estimate of drug-likeness (QED) is 0.693. The van der Waals surface area contributed by atoms with Gasteiger partial charge in [-0.25, -0.2) is 0 Å². The van der Waals surface area contributed by atoms with E-state index in [-0.39, 0.29) is 0 Å². The fourth-order valence-electron chi connectivity index (χ4n) is 1.78. The highest BCUT2D eigenvalue weighted by Crippen LogP contribution is 2.28. The summed E-state index contributed by atoms with van der Waals surface area (Å²) in [5.41, 5.74) is 3.45. The van der Waals surface area contributed by atoms with Gasteiger partial charge >= 0.3 is 0 Å². The minimum absolute atomic E-state index is 0.791. The second kappa shape index (κ2) is 5.00. The summed E-state index contributed by atoms with van der Waals surface area (Å²) >= 11 is 6.21. The van der Waals surface area contributed by atoms with Crippen molar-refractivity contribution in [1.82, 2.24) is 0 Å². The zero-order valence-electron chi connectivity index (χ0n) is 9.15. The van der Waals surface area contributed by atoms with Crippen LogP contribution in [0.2, 0.25) is 5.02 Å². The van der Waals surface area contributed by atoms with Crippen molar-refractivity contribution >= 4 is 17.2 Å². The van der Waals surface area contributed by atoms with E-state index < -0.39 is 0 Å². The first-order valence-corrected chi connectivity index (χ1v) is 5.67. The first-order valence-electron chi connectivity index (χ1n) is 5.29. The van der Waals surface area contributed by atoms with Crippen LogP contribution in [0.3, 0.4) is 0 Å². The molecule has 0 aliphatic heterocycles. The summed E-state index contributed by atoms with van der Waals surface area (Å²) in [7, 11) is 0. The molecule has 0 aliphatic carbocycles. The molecular formula is C15H13Cl. The van der Waals surface area contributed by atoms with E-state index in [2.05, 4.69) is 18.2 Å². The monoisotopic (exact) mass is 228 g/mol. The van der Waals surface area contributed by atoms with Gasteiger partial charge in [-0.3, -0.25) is 0 Å². The molecule has 0 amide bonds. The van der Waals surface area contributed by atoms with Crippen LogP contribution in [0.15, 0.2) is 60.7 Å². The Bertz CT molecular complexity index is 498. The molecule has 0 saturated heterocycles. The number of halogens is 1. The van der Waals surface area contributed by atoms with Crippen molar-refractivity contribution in [3.63, 3.8) is 0 Å². The minimum Gasteiger partial charge on any atom is -0.0837 e. The first kappa shape index (κ1) is 11.0. The lowest BCUT2D eigenvalue weighted by Gasteiger charge is -2.09.